The largest absolute Gasteiger partial charge is 0.508 e. The second-order valence-electron chi connectivity index (χ2n) is 3.36. The van der Waals surface area contributed by atoms with Crippen molar-refractivity contribution in [2.24, 2.45) is 5.73 Å². The molecule has 1 unspecified atom stereocenters. The Labute approximate surface area is 83.0 Å². The lowest BCUT2D eigenvalue weighted by Gasteiger charge is -2.18. The molecule has 0 aliphatic rings. The van der Waals surface area contributed by atoms with E-state index in [0.717, 1.165) is 12.1 Å². The third kappa shape index (κ3) is 1.96. The van der Waals surface area contributed by atoms with Crippen molar-refractivity contribution < 1.29 is 5.11 Å². The second-order valence-corrected chi connectivity index (χ2v) is 3.36. The van der Waals surface area contributed by atoms with Crippen LogP contribution in [0.2, 0.25) is 0 Å². The first-order valence-corrected chi connectivity index (χ1v) is 4.72. The third-order valence-corrected chi connectivity index (χ3v) is 2.35. The molecule has 0 saturated carbocycles. The maximum atomic E-state index is 11.6. The highest BCUT2D eigenvalue weighted by Gasteiger charge is 2.11. The molecular formula is C10H16N2O2. The van der Waals surface area contributed by atoms with E-state index in [1.165, 1.54) is 6.07 Å². The van der Waals surface area contributed by atoms with Crippen molar-refractivity contribution in [2.45, 2.75) is 26.3 Å². The highest BCUT2D eigenvalue weighted by Crippen LogP contribution is 2.13. The summed E-state index contributed by atoms with van der Waals surface area (Å²) in [7, 11) is 0. The molecule has 14 heavy (non-hydrogen) atoms. The van der Waals surface area contributed by atoms with E-state index in [4.69, 9.17) is 5.73 Å². The fourth-order valence-electron chi connectivity index (χ4n) is 1.62. The number of pyridine rings is 1. The van der Waals surface area contributed by atoms with Gasteiger partial charge in [0.25, 0.3) is 5.56 Å². The minimum atomic E-state index is -0.195. The fourth-order valence-corrected chi connectivity index (χ4v) is 1.62. The van der Waals surface area contributed by atoms with Crippen LogP contribution < -0.4 is 11.3 Å². The Balaban J connectivity index is 3.26. The number of nitrogens with zero attached hydrogens (tertiary/aromatic N) is 1. The molecule has 1 rings (SSSR count). The number of aromatic hydroxyl groups is 1. The summed E-state index contributed by atoms with van der Waals surface area (Å²) in [6.07, 6.45) is 0.808. The lowest BCUT2D eigenvalue weighted by molar-refractivity contribution is 0.447. The number of hydrogen-bond donors (Lipinski definition) is 2. The van der Waals surface area contributed by atoms with E-state index in [0.29, 0.717) is 6.54 Å². The fraction of sp³-hybridized carbons (Fsp3) is 0.500. The Morgan fingerprint density at radius 1 is 1.57 bits per heavy atom. The number of hydrogen-bond acceptors (Lipinski definition) is 3. The maximum Gasteiger partial charge on any atom is 0.254 e. The molecular weight excluding hydrogens is 180 g/mol. The number of aromatic nitrogens is 1. The molecule has 3 N–H and O–H groups in total. The summed E-state index contributed by atoms with van der Waals surface area (Å²) in [6, 6.07) is 2.80. The molecule has 0 fully saturated rings. The lowest BCUT2D eigenvalue weighted by Crippen LogP contribution is -2.30. The van der Waals surface area contributed by atoms with Crippen molar-refractivity contribution in [3.63, 3.8) is 0 Å². The summed E-state index contributed by atoms with van der Waals surface area (Å²) in [5.41, 5.74) is 6.12. The summed E-state index contributed by atoms with van der Waals surface area (Å²) in [5, 5.41) is 9.20. The Bertz CT molecular complexity index is 367. The Morgan fingerprint density at radius 2 is 2.21 bits per heavy atom. The standard InChI is InChI=1S/C10H16N2O2/c1-3-8(6-11)12-7(2)4-9(13)5-10(12)14/h4-5,8,13H,3,6,11H2,1-2H3. The lowest BCUT2D eigenvalue weighted by atomic mass is 10.2. The van der Waals surface area contributed by atoms with Crippen LogP contribution in [0.1, 0.15) is 25.1 Å². The average Bonchev–Trinajstić information content (AvgIpc) is 2.10. The zero-order valence-electron chi connectivity index (χ0n) is 8.53. The molecule has 0 amide bonds. The quantitative estimate of drug-likeness (QED) is 0.750. The van der Waals surface area contributed by atoms with Crippen molar-refractivity contribution in [2.75, 3.05) is 6.54 Å². The molecule has 0 radical (unpaired) electrons. The smallest absolute Gasteiger partial charge is 0.254 e. The van der Waals surface area contributed by atoms with Gasteiger partial charge in [-0.25, -0.2) is 0 Å². The van der Waals surface area contributed by atoms with Gasteiger partial charge in [0, 0.05) is 24.3 Å². The minimum absolute atomic E-state index is 0.00984. The molecule has 4 nitrogen and oxygen atoms in total. The first kappa shape index (κ1) is 10.8. The molecule has 0 bridgehead atoms. The van der Waals surface area contributed by atoms with Crippen molar-refractivity contribution in [3.8, 4) is 5.75 Å². The van der Waals surface area contributed by atoms with Crippen LogP contribution in [0.15, 0.2) is 16.9 Å². The van der Waals surface area contributed by atoms with E-state index in [2.05, 4.69) is 0 Å². The monoisotopic (exact) mass is 196 g/mol. The van der Waals surface area contributed by atoms with Crippen molar-refractivity contribution in [3.05, 3.63) is 28.2 Å². The van der Waals surface area contributed by atoms with Crippen LogP contribution in [0.5, 0.6) is 5.75 Å². The summed E-state index contributed by atoms with van der Waals surface area (Å²) in [6.45, 7) is 4.21. The Kier molecular flexibility index (Phi) is 3.30. The predicted octanol–water partition coefficient (Wildman–Crippen LogP) is 0.772. The first-order valence-electron chi connectivity index (χ1n) is 4.72. The van der Waals surface area contributed by atoms with E-state index < -0.39 is 0 Å². The van der Waals surface area contributed by atoms with Crippen LogP contribution in [0.4, 0.5) is 0 Å². The van der Waals surface area contributed by atoms with Gasteiger partial charge < -0.3 is 15.4 Å². The zero-order valence-corrected chi connectivity index (χ0v) is 8.53. The molecule has 78 valence electrons. The molecule has 1 heterocycles. The van der Waals surface area contributed by atoms with Gasteiger partial charge in [-0.3, -0.25) is 4.79 Å². The third-order valence-electron chi connectivity index (χ3n) is 2.35. The number of nitrogens with two attached hydrogens (primary N) is 1. The molecule has 0 spiro atoms. The highest BCUT2D eigenvalue weighted by atomic mass is 16.3. The summed E-state index contributed by atoms with van der Waals surface area (Å²) >= 11 is 0. The van der Waals surface area contributed by atoms with Gasteiger partial charge in [0.05, 0.1) is 0 Å². The zero-order chi connectivity index (χ0) is 10.7. The molecule has 0 aliphatic heterocycles. The predicted molar refractivity (Wildman–Crippen MR) is 55.5 cm³/mol. The molecule has 0 saturated heterocycles. The minimum Gasteiger partial charge on any atom is -0.508 e. The van der Waals surface area contributed by atoms with Gasteiger partial charge in [0.1, 0.15) is 5.75 Å². The van der Waals surface area contributed by atoms with Crippen LogP contribution >= 0.6 is 0 Å². The average molecular weight is 196 g/mol. The van der Waals surface area contributed by atoms with Crippen LogP contribution in [0.25, 0.3) is 0 Å². The highest BCUT2D eigenvalue weighted by molar-refractivity contribution is 5.21. The van der Waals surface area contributed by atoms with Gasteiger partial charge in [-0.2, -0.15) is 0 Å². The molecule has 4 heteroatoms. The van der Waals surface area contributed by atoms with E-state index in [1.54, 1.807) is 17.6 Å². The van der Waals surface area contributed by atoms with Crippen molar-refractivity contribution >= 4 is 0 Å². The normalized spacial score (nSPS) is 12.8. The molecule has 1 atom stereocenters. The van der Waals surface area contributed by atoms with Gasteiger partial charge in [-0.15, -0.1) is 0 Å². The summed E-state index contributed by atoms with van der Waals surface area (Å²) in [5.74, 6) is 0.00984. The first-order chi connectivity index (χ1) is 6.60. The molecule has 1 aromatic rings. The molecule has 0 aliphatic carbocycles. The summed E-state index contributed by atoms with van der Waals surface area (Å²) < 4.78 is 1.62. The summed E-state index contributed by atoms with van der Waals surface area (Å²) in [4.78, 5) is 11.6. The number of aryl methyl sites for hydroxylation is 1. The van der Waals surface area contributed by atoms with Gasteiger partial charge in [-0.05, 0) is 19.4 Å². The maximum absolute atomic E-state index is 11.6. The van der Waals surface area contributed by atoms with Crippen LogP contribution in [0, 0.1) is 6.92 Å². The van der Waals surface area contributed by atoms with Crippen LogP contribution in [-0.2, 0) is 0 Å². The van der Waals surface area contributed by atoms with E-state index >= 15 is 0 Å². The van der Waals surface area contributed by atoms with Gasteiger partial charge in [0.2, 0.25) is 0 Å². The Morgan fingerprint density at radius 3 is 2.64 bits per heavy atom. The van der Waals surface area contributed by atoms with E-state index in [-0.39, 0.29) is 17.4 Å². The van der Waals surface area contributed by atoms with Crippen molar-refractivity contribution in [1.29, 1.82) is 0 Å². The van der Waals surface area contributed by atoms with Gasteiger partial charge in [-0.1, -0.05) is 6.92 Å². The molecule has 0 aromatic carbocycles. The second kappa shape index (κ2) is 4.28. The van der Waals surface area contributed by atoms with Gasteiger partial charge >= 0.3 is 0 Å². The Hall–Kier alpha value is -1.29. The number of rotatable bonds is 3. The van der Waals surface area contributed by atoms with E-state index in [9.17, 15) is 9.90 Å². The SMILES string of the molecule is CCC(CN)n1c(C)cc(O)cc1=O. The van der Waals surface area contributed by atoms with E-state index in [1.807, 2.05) is 6.92 Å². The topological polar surface area (TPSA) is 68.2 Å². The van der Waals surface area contributed by atoms with Crippen LogP contribution in [-0.4, -0.2) is 16.2 Å². The van der Waals surface area contributed by atoms with Gasteiger partial charge in [0.15, 0.2) is 0 Å². The van der Waals surface area contributed by atoms with Crippen LogP contribution in [0.3, 0.4) is 0 Å². The van der Waals surface area contributed by atoms with Crippen molar-refractivity contribution in [1.82, 2.24) is 4.57 Å². The molecule has 1 aromatic heterocycles.